The van der Waals surface area contributed by atoms with Gasteiger partial charge in [0, 0.05) is 12.7 Å². The molecule has 0 aliphatic carbocycles. The number of hydrogen-bond donors (Lipinski definition) is 1. The van der Waals surface area contributed by atoms with E-state index in [9.17, 15) is 0 Å². The first-order chi connectivity index (χ1) is 6.92. The van der Waals surface area contributed by atoms with Crippen LogP contribution in [0.1, 0.15) is 19.8 Å². The molecule has 1 N–H and O–H groups in total. The first-order valence-corrected chi connectivity index (χ1v) is 4.94. The molecular weight excluding hydrogens is 176 g/mol. The zero-order valence-electron chi connectivity index (χ0n) is 8.27. The van der Waals surface area contributed by atoms with Gasteiger partial charge in [-0.2, -0.15) is 0 Å². The SMILES string of the molecule is CCCCNn1cnc2ncccc21. The molecule has 0 bridgehead atoms. The molecule has 2 aromatic heterocycles. The standard InChI is InChI=1S/C10H14N4/c1-2-3-7-13-14-8-12-10-9(14)5-4-6-11-10/h4-6,8,13H,2-3,7H2,1H3. The van der Waals surface area contributed by atoms with Gasteiger partial charge in [-0.3, -0.25) is 0 Å². The van der Waals surface area contributed by atoms with E-state index >= 15 is 0 Å². The van der Waals surface area contributed by atoms with Gasteiger partial charge in [-0.05, 0) is 18.6 Å². The fourth-order valence-electron chi connectivity index (χ4n) is 1.35. The van der Waals surface area contributed by atoms with Gasteiger partial charge in [0.2, 0.25) is 0 Å². The van der Waals surface area contributed by atoms with Crippen molar-refractivity contribution in [2.24, 2.45) is 0 Å². The Balaban J connectivity index is 2.17. The fraction of sp³-hybridized carbons (Fsp3) is 0.400. The summed E-state index contributed by atoms with van der Waals surface area (Å²) in [4.78, 5) is 8.34. The highest BCUT2D eigenvalue weighted by atomic mass is 15.4. The summed E-state index contributed by atoms with van der Waals surface area (Å²) in [5.41, 5.74) is 5.10. The van der Waals surface area contributed by atoms with E-state index in [2.05, 4.69) is 22.3 Å². The predicted octanol–water partition coefficient (Wildman–Crippen LogP) is 1.77. The van der Waals surface area contributed by atoms with Gasteiger partial charge in [0.15, 0.2) is 5.65 Å². The lowest BCUT2D eigenvalue weighted by Crippen LogP contribution is -2.14. The molecule has 74 valence electrons. The molecule has 4 nitrogen and oxygen atoms in total. The highest BCUT2D eigenvalue weighted by Gasteiger charge is 2.00. The van der Waals surface area contributed by atoms with Gasteiger partial charge < -0.3 is 5.43 Å². The van der Waals surface area contributed by atoms with E-state index in [4.69, 9.17) is 0 Å². The van der Waals surface area contributed by atoms with Crippen LogP contribution < -0.4 is 5.43 Å². The van der Waals surface area contributed by atoms with Crippen LogP contribution in [0.15, 0.2) is 24.7 Å². The molecule has 0 amide bonds. The smallest absolute Gasteiger partial charge is 0.179 e. The Labute approximate surface area is 83.0 Å². The van der Waals surface area contributed by atoms with Gasteiger partial charge in [0.25, 0.3) is 0 Å². The third-order valence-corrected chi connectivity index (χ3v) is 2.13. The molecule has 0 spiro atoms. The number of rotatable bonds is 4. The molecular formula is C10H14N4. The molecule has 0 saturated heterocycles. The van der Waals surface area contributed by atoms with Crippen LogP contribution >= 0.6 is 0 Å². The summed E-state index contributed by atoms with van der Waals surface area (Å²) in [6.45, 7) is 3.14. The molecule has 2 rings (SSSR count). The Morgan fingerprint density at radius 1 is 1.43 bits per heavy atom. The van der Waals surface area contributed by atoms with Gasteiger partial charge in [-0.1, -0.05) is 13.3 Å². The number of nitrogens with one attached hydrogen (secondary N) is 1. The maximum atomic E-state index is 4.19. The molecule has 0 unspecified atom stereocenters. The lowest BCUT2D eigenvalue weighted by atomic mass is 10.3. The van der Waals surface area contributed by atoms with Crippen molar-refractivity contribution in [1.82, 2.24) is 14.6 Å². The van der Waals surface area contributed by atoms with Crippen LogP contribution in [0.5, 0.6) is 0 Å². The zero-order chi connectivity index (χ0) is 9.80. The summed E-state index contributed by atoms with van der Waals surface area (Å²) in [6.07, 6.45) is 5.89. The molecule has 4 heteroatoms. The van der Waals surface area contributed by atoms with Crippen LogP contribution in [-0.4, -0.2) is 21.2 Å². The second kappa shape index (κ2) is 4.09. The number of imidazole rings is 1. The molecule has 0 atom stereocenters. The van der Waals surface area contributed by atoms with Crippen molar-refractivity contribution in [3.63, 3.8) is 0 Å². The van der Waals surface area contributed by atoms with Gasteiger partial charge in [-0.15, -0.1) is 0 Å². The number of aromatic nitrogens is 3. The maximum absolute atomic E-state index is 4.19. The Kier molecular flexibility index (Phi) is 2.62. The van der Waals surface area contributed by atoms with Gasteiger partial charge in [-0.25, -0.2) is 14.6 Å². The highest BCUT2D eigenvalue weighted by Crippen LogP contribution is 2.06. The fourth-order valence-corrected chi connectivity index (χ4v) is 1.35. The van der Waals surface area contributed by atoms with Crippen molar-refractivity contribution in [1.29, 1.82) is 0 Å². The molecule has 2 heterocycles. The largest absolute Gasteiger partial charge is 0.324 e. The van der Waals surface area contributed by atoms with Crippen LogP contribution in [0.2, 0.25) is 0 Å². The minimum absolute atomic E-state index is 0.788. The molecule has 0 aliphatic heterocycles. The second-order valence-corrected chi connectivity index (χ2v) is 3.22. The van der Waals surface area contributed by atoms with Gasteiger partial charge in [0.1, 0.15) is 11.8 Å². The first kappa shape index (κ1) is 8.99. The highest BCUT2D eigenvalue weighted by molar-refractivity contribution is 5.70. The number of unbranched alkanes of at least 4 members (excludes halogenated alkanes) is 1. The third kappa shape index (κ3) is 1.69. The van der Waals surface area contributed by atoms with Crippen molar-refractivity contribution in [2.45, 2.75) is 19.8 Å². The first-order valence-electron chi connectivity index (χ1n) is 4.94. The topological polar surface area (TPSA) is 42.7 Å². The summed E-state index contributed by atoms with van der Waals surface area (Å²) in [5, 5.41) is 0. The van der Waals surface area contributed by atoms with E-state index in [1.807, 2.05) is 16.8 Å². The minimum Gasteiger partial charge on any atom is -0.324 e. The molecule has 0 saturated carbocycles. The second-order valence-electron chi connectivity index (χ2n) is 3.22. The Morgan fingerprint density at radius 2 is 2.36 bits per heavy atom. The number of hydrogen-bond acceptors (Lipinski definition) is 3. The normalized spacial score (nSPS) is 10.6. The molecule has 0 radical (unpaired) electrons. The average Bonchev–Trinajstić information content (AvgIpc) is 2.63. The van der Waals surface area contributed by atoms with E-state index in [0.29, 0.717) is 0 Å². The maximum Gasteiger partial charge on any atom is 0.179 e. The Bertz CT molecular complexity index is 407. The Morgan fingerprint density at radius 3 is 3.21 bits per heavy atom. The molecule has 0 fully saturated rings. The van der Waals surface area contributed by atoms with Crippen LogP contribution in [0.4, 0.5) is 0 Å². The molecule has 0 aromatic carbocycles. The van der Waals surface area contributed by atoms with E-state index in [1.54, 1.807) is 12.5 Å². The quantitative estimate of drug-likeness (QED) is 0.747. The average molecular weight is 190 g/mol. The van der Waals surface area contributed by atoms with E-state index < -0.39 is 0 Å². The summed E-state index contributed by atoms with van der Waals surface area (Å²) in [5.74, 6) is 0. The van der Waals surface area contributed by atoms with E-state index in [-0.39, 0.29) is 0 Å². The van der Waals surface area contributed by atoms with Crippen molar-refractivity contribution in [3.8, 4) is 0 Å². The third-order valence-electron chi connectivity index (χ3n) is 2.13. The summed E-state index contributed by atoms with van der Waals surface area (Å²) in [6, 6.07) is 3.93. The minimum atomic E-state index is 0.788. The lowest BCUT2D eigenvalue weighted by molar-refractivity contribution is 0.762. The molecule has 0 aliphatic rings. The summed E-state index contributed by atoms with van der Waals surface area (Å²) < 4.78 is 1.93. The Hall–Kier alpha value is -1.58. The van der Waals surface area contributed by atoms with Crippen molar-refractivity contribution in [2.75, 3.05) is 12.0 Å². The van der Waals surface area contributed by atoms with Crippen molar-refractivity contribution < 1.29 is 0 Å². The molecule has 14 heavy (non-hydrogen) atoms. The van der Waals surface area contributed by atoms with Crippen LogP contribution in [0, 0.1) is 0 Å². The number of pyridine rings is 1. The van der Waals surface area contributed by atoms with Gasteiger partial charge >= 0.3 is 0 Å². The van der Waals surface area contributed by atoms with Crippen molar-refractivity contribution >= 4 is 11.2 Å². The van der Waals surface area contributed by atoms with E-state index in [1.165, 1.54) is 12.8 Å². The zero-order valence-corrected chi connectivity index (χ0v) is 8.27. The van der Waals surface area contributed by atoms with Crippen LogP contribution in [0.25, 0.3) is 11.2 Å². The monoisotopic (exact) mass is 190 g/mol. The number of nitrogens with zero attached hydrogens (tertiary/aromatic N) is 3. The van der Waals surface area contributed by atoms with E-state index in [0.717, 1.165) is 17.7 Å². The van der Waals surface area contributed by atoms with Crippen LogP contribution in [0.3, 0.4) is 0 Å². The predicted molar refractivity (Wildman–Crippen MR) is 56.7 cm³/mol. The van der Waals surface area contributed by atoms with Crippen molar-refractivity contribution in [3.05, 3.63) is 24.7 Å². The lowest BCUT2D eigenvalue weighted by Gasteiger charge is -2.06. The summed E-state index contributed by atoms with van der Waals surface area (Å²) in [7, 11) is 0. The summed E-state index contributed by atoms with van der Waals surface area (Å²) >= 11 is 0. The molecule has 2 aromatic rings. The number of fused-ring (bicyclic) bond motifs is 1. The van der Waals surface area contributed by atoms with Crippen LogP contribution in [-0.2, 0) is 0 Å². The van der Waals surface area contributed by atoms with Gasteiger partial charge in [0.05, 0.1) is 0 Å².